The predicted molar refractivity (Wildman–Crippen MR) is 90.2 cm³/mol. The van der Waals surface area contributed by atoms with E-state index in [4.69, 9.17) is 5.73 Å². The van der Waals surface area contributed by atoms with Gasteiger partial charge in [-0.1, -0.05) is 25.1 Å². The molecular weight excluding hydrogens is 280 g/mol. The maximum Gasteiger partial charge on any atom is 0.185 e. The van der Waals surface area contributed by atoms with Gasteiger partial charge in [-0.3, -0.25) is 0 Å². The Morgan fingerprint density at radius 3 is 2.57 bits per heavy atom. The first-order valence-electron chi connectivity index (χ1n) is 7.53. The fourth-order valence-electron chi connectivity index (χ4n) is 2.82. The molecule has 0 aliphatic carbocycles. The number of para-hydroxylation sites is 1. The summed E-state index contributed by atoms with van der Waals surface area (Å²) in [6.07, 6.45) is 2.85. The molecule has 4 nitrogen and oxygen atoms in total. The molecule has 3 rings (SSSR count). The summed E-state index contributed by atoms with van der Waals surface area (Å²) in [5, 5.41) is 3.17. The fraction of sp³-hybridized carbons (Fsp3) is 0.438. The standard InChI is InChI=1S/C16H22N4S/c1-2-14(17)13-5-3-4-6-15(13)19-8-10-20(11-9-19)16-18-7-12-21-16/h3-7,12,14H,2,8-11,17H2,1H3/t14-/m1/s1. The van der Waals surface area contributed by atoms with E-state index in [1.54, 1.807) is 11.3 Å². The van der Waals surface area contributed by atoms with E-state index in [2.05, 4.69) is 46.0 Å². The Morgan fingerprint density at radius 2 is 1.90 bits per heavy atom. The lowest BCUT2D eigenvalue weighted by Crippen LogP contribution is -2.47. The summed E-state index contributed by atoms with van der Waals surface area (Å²) in [5.74, 6) is 0. The first-order chi connectivity index (χ1) is 10.3. The maximum atomic E-state index is 6.26. The smallest absolute Gasteiger partial charge is 0.185 e. The number of piperazine rings is 1. The molecule has 0 bridgehead atoms. The minimum absolute atomic E-state index is 0.123. The van der Waals surface area contributed by atoms with Crippen molar-refractivity contribution in [1.82, 2.24) is 4.98 Å². The van der Waals surface area contributed by atoms with E-state index in [9.17, 15) is 0 Å². The Balaban J connectivity index is 1.72. The highest BCUT2D eigenvalue weighted by Gasteiger charge is 2.21. The second-order valence-electron chi connectivity index (χ2n) is 5.36. The van der Waals surface area contributed by atoms with Gasteiger partial charge in [0, 0.05) is 49.5 Å². The lowest BCUT2D eigenvalue weighted by molar-refractivity contribution is 0.638. The Labute approximate surface area is 130 Å². The van der Waals surface area contributed by atoms with E-state index in [1.807, 2.05) is 11.6 Å². The average molecular weight is 302 g/mol. The van der Waals surface area contributed by atoms with Crippen LogP contribution in [-0.2, 0) is 0 Å². The Hall–Kier alpha value is -1.59. The molecule has 112 valence electrons. The van der Waals surface area contributed by atoms with Crippen molar-refractivity contribution in [2.24, 2.45) is 5.73 Å². The molecule has 1 atom stereocenters. The molecule has 2 N–H and O–H groups in total. The van der Waals surface area contributed by atoms with Gasteiger partial charge in [-0.25, -0.2) is 4.98 Å². The van der Waals surface area contributed by atoms with Gasteiger partial charge in [-0.2, -0.15) is 0 Å². The van der Waals surface area contributed by atoms with Gasteiger partial charge >= 0.3 is 0 Å². The van der Waals surface area contributed by atoms with Gasteiger partial charge in [0.1, 0.15) is 0 Å². The lowest BCUT2D eigenvalue weighted by Gasteiger charge is -2.37. The van der Waals surface area contributed by atoms with Crippen LogP contribution in [0, 0.1) is 0 Å². The van der Waals surface area contributed by atoms with Crippen molar-refractivity contribution in [3.05, 3.63) is 41.4 Å². The molecule has 1 fully saturated rings. The molecule has 0 unspecified atom stereocenters. The SMILES string of the molecule is CC[C@@H](N)c1ccccc1N1CCN(c2nccs2)CC1. The van der Waals surface area contributed by atoms with Crippen molar-refractivity contribution in [3.8, 4) is 0 Å². The summed E-state index contributed by atoms with van der Waals surface area (Å²) < 4.78 is 0. The topological polar surface area (TPSA) is 45.4 Å². The van der Waals surface area contributed by atoms with Crippen molar-refractivity contribution in [1.29, 1.82) is 0 Å². The first-order valence-corrected chi connectivity index (χ1v) is 8.41. The van der Waals surface area contributed by atoms with Gasteiger partial charge in [-0.15, -0.1) is 11.3 Å². The van der Waals surface area contributed by atoms with E-state index in [-0.39, 0.29) is 6.04 Å². The van der Waals surface area contributed by atoms with E-state index < -0.39 is 0 Å². The molecule has 5 heteroatoms. The van der Waals surface area contributed by atoms with E-state index in [0.717, 1.165) is 37.7 Å². The zero-order valence-corrected chi connectivity index (χ0v) is 13.2. The highest BCUT2D eigenvalue weighted by molar-refractivity contribution is 7.13. The molecule has 1 aromatic heterocycles. The molecule has 0 amide bonds. The summed E-state index contributed by atoms with van der Waals surface area (Å²) >= 11 is 1.71. The van der Waals surface area contributed by atoms with Gasteiger partial charge in [0.2, 0.25) is 0 Å². The zero-order chi connectivity index (χ0) is 14.7. The number of anilines is 2. The Kier molecular flexibility index (Phi) is 4.41. The van der Waals surface area contributed by atoms with Crippen LogP contribution in [0.2, 0.25) is 0 Å². The molecule has 0 saturated carbocycles. The molecule has 1 aliphatic heterocycles. The van der Waals surface area contributed by atoms with Crippen molar-refractivity contribution in [3.63, 3.8) is 0 Å². The number of benzene rings is 1. The van der Waals surface area contributed by atoms with Crippen LogP contribution in [0.25, 0.3) is 0 Å². The quantitative estimate of drug-likeness (QED) is 0.943. The van der Waals surface area contributed by atoms with Crippen molar-refractivity contribution >= 4 is 22.2 Å². The minimum Gasteiger partial charge on any atom is -0.368 e. The highest BCUT2D eigenvalue weighted by atomic mass is 32.1. The van der Waals surface area contributed by atoms with Crippen molar-refractivity contribution < 1.29 is 0 Å². The van der Waals surface area contributed by atoms with Gasteiger partial charge in [0.05, 0.1) is 0 Å². The third-order valence-corrected chi connectivity index (χ3v) is 4.92. The molecule has 0 spiro atoms. The van der Waals surface area contributed by atoms with Crippen LogP contribution in [0.5, 0.6) is 0 Å². The molecule has 1 saturated heterocycles. The third-order valence-electron chi connectivity index (χ3n) is 4.09. The van der Waals surface area contributed by atoms with E-state index >= 15 is 0 Å². The number of aromatic nitrogens is 1. The van der Waals surface area contributed by atoms with Crippen LogP contribution >= 0.6 is 11.3 Å². The summed E-state index contributed by atoms with van der Waals surface area (Å²) in [4.78, 5) is 9.22. The fourth-order valence-corrected chi connectivity index (χ4v) is 3.52. The summed E-state index contributed by atoms with van der Waals surface area (Å²) in [6.45, 7) is 6.22. The number of thiazole rings is 1. The van der Waals surface area contributed by atoms with Gasteiger partial charge in [0.25, 0.3) is 0 Å². The number of nitrogens with zero attached hydrogens (tertiary/aromatic N) is 3. The Morgan fingerprint density at radius 1 is 1.19 bits per heavy atom. The zero-order valence-electron chi connectivity index (χ0n) is 12.4. The molecule has 1 aromatic carbocycles. The molecule has 2 heterocycles. The van der Waals surface area contributed by atoms with Crippen LogP contribution in [0.3, 0.4) is 0 Å². The molecular formula is C16H22N4S. The second-order valence-corrected chi connectivity index (χ2v) is 6.24. The summed E-state index contributed by atoms with van der Waals surface area (Å²) in [6, 6.07) is 8.67. The van der Waals surface area contributed by atoms with Crippen molar-refractivity contribution in [2.75, 3.05) is 36.0 Å². The third kappa shape index (κ3) is 3.04. The van der Waals surface area contributed by atoms with Gasteiger partial charge in [0.15, 0.2) is 5.13 Å². The van der Waals surface area contributed by atoms with Crippen LogP contribution in [0.15, 0.2) is 35.8 Å². The van der Waals surface area contributed by atoms with Crippen LogP contribution < -0.4 is 15.5 Å². The number of nitrogens with two attached hydrogens (primary N) is 1. The molecule has 2 aromatic rings. The van der Waals surface area contributed by atoms with Crippen LogP contribution in [0.4, 0.5) is 10.8 Å². The summed E-state index contributed by atoms with van der Waals surface area (Å²) in [5.41, 5.74) is 8.82. The van der Waals surface area contributed by atoms with Gasteiger partial charge in [-0.05, 0) is 18.1 Å². The minimum atomic E-state index is 0.123. The maximum absolute atomic E-state index is 6.26. The highest BCUT2D eigenvalue weighted by Crippen LogP contribution is 2.28. The van der Waals surface area contributed by atoms with E-state index in [0.29, 0.717) is 0 Å². The number of hydrogen-bond acceptors (Lipinski definition) is 5. The lowest BCUT2D eigenvalue weighted by atomic mass is 10.0. The average Bonchev–Trinajstić information content (AvgIpc) is 3.09. The molecule has 21 heavy (non-hydrogen) atoms. The second kappa shape index (κ2) is 6.45. The van der Waals surface area contributed by atoms with Crippen molar-refractivity contribution in [2.45, 2.75) is 19.4 Å². The van der Waals surface area contributed by atoms with Crippen LogP contribution in [0.1, 0.15) is 24.9 Å². The summed E-state index contributed by atoms with van der Waals surface area (Å²) in [7, 11) is 0. The van der Waals surface area contributed by atoms with Crippen LogP contribution in [-0.4, -0.2) is 31.2 Å². The largest absolute Gasteiger partial charge is 0.368 e. The number of rotatable bonds is 4. The van der Waals surface area contributed by atoms with E-state index in [1.165, 1.54) is 11.3 Å². The first kappa shape index (κ1) is 14.4. The molecule has 0 radical (unpaired) electrons. The monoisotopic (exact) mass is 302 g/mol. The number of hydrogen-bond donors (Lipinski definition) is 1. The normalized spacial score (nSPS) is 17.0. The molecule has 1 aliphatic rings. The van der Waals surface area contributed by atoms with Gasteiger partial charge < -0.3 is 15.5 Å². The Bertz CT molecular complexity index is 561. The predicted octanol–water partition coefficient (Wildman–Crippen LogP) is 2.88.